The van der Waals surface area contributed by atoms with E-state index in [0.29, 0.717) is 6.54 Å². The zero-order valence-corrected chi connectivity index (χ0v) is 11.0. The third-order valence-electron chi connectivity index (χ3n) is 2.73. The van der Waals surface area contributed by atoms with Gasteiger partial charge in [0, 0.05) is 7.05 Å². The largest absolute Gasteiger partial charge is 0.363 e. The molecule has 96 valence electrons. The lowest BCUT2D eigenvalue weighted by Crippen LogP contribution is -2.20. The number of rotatable bonds is 3. The molecule has 0 radical (unpaired) electrons. The van der Waals surface area contributed by atoms with Crippen LogP contribution in [0.5, 0.6) is 0 Å². The van der Waals surface area contributed by atoms with E-state index >= 15 is 0 Å². The molecule has 0 aliphatic heterocycles. The summed E-state index contributed by atoms with van der Waals surface area (Å²) in [5, 5.41) is 12.5. The smallest absolute Gasteiger partial charge is 0.269 e. The number of anilines is 1. The second kappa shape index (κ2) is 4.77. The molecule has 0 saturated heterocycles. The molecule has 6 nitrogen and oxygen atoms in total. The minimum Gasteiger partial charge on any atom is -0.363 e. The third-order valence-corrected chi connectivity index (χ3v) is 3.65. The van der Waals surface area contributed by atoms with E-state index in [4.69, 9.17) is 0 Å². The number of nitrogens with zero attached hydrogens (tertiary/aromatic N) is 4. The number of hydrogen-bond donors (Lipinski definition) is 1. The van der Waals surface area contributed by atoms with Crippen LogP contribution < -0.4 is 10.9 Å². The Morgan fingerprint density at radius 3 is 2.95 bits per heavy atom. The van der Waals surface area contributed by atoms with Gasteiger partial charge in [0.1, 0.15) is 5.01 Å². The first-order valence-corrected chi connectivity index (χ1v) is 6.54. The minimum atomic E-state index is -0.139. The van der Waals surface area contributed by atoms with Crippen molar-refractivity contribution >= 4 is 27.5 Å². The summed E-state index contributed by atoms with van der Waals surface area (Å²) < 4.78 is 1.66. The summed E-state index contributed by atoms with van der Waals surface area (Å²) in [6, 6.07) is 7.54. The zero-order valence-electron chi connectivity index (χ0n) is 10.2. The van der Waals surface area contributed by atoms with Gasteiger partial charge < -0.3 is 5.32 Å². The van der Waals surface area contributed by atoms with Crippen molar-refractivity contribution in [1.82, 2.24) is 19.7 Å². The molecular weight excluding hydrogens is 262 g/mol. The maximum atomic E-state index is 12.0. The lowest BCUT2D eigenvalue weighted by atomic mass is 10.3. The average Bonchev–Trinajstić information content (AvgIpc) is 2.90. The summed E-state index contributed by atoms with van der Waals surface area (Å²) in [4.78, 5) is 16.1. The second-order valence-corrected chi connectivity index (χ2v) is 4.98. The van der Waals surface area contributed by atoms with Crippen LogP contribution in [-0.2, 0) is 6.54 Å². The molecule has 0 aliphatic carbocycles. The molecule has 2 aromatic heterocycles. The highest BCUT2D eigenvalue weighted by Gasteiger charge is 2.08. The number of aromatic nitrogens is 4. The Kier molecular flexibility index (Phi) is 2.96. The van der Waals surface area contributed by atoms with Crippen LogP contribution in [0.3, 0.4) is 0 Å². The van der Waals surface area contributed by atoms with Crippen LogP contribution in [-0.4, -0.2) is 26.8 Å². The molecule has 0 bridgehead atoms. The molecule has 0 unspecified atom stereocenters. The summed E-state index contributed by atoms with van der Waals surface area (Å²) in [5.74, 6) is 0. The number of hydrogen-bond acceptors (Lipinski definition) is 6. The van der Waals surface area contributed by atoms with Gasteiger partial charge in [0.15, 0.2) is 0 Å². The van der Waals surface area contributed by atoms with Gasteiger partial charge in [0.2, 0.25) is 5.13 Å². The van der Waals surface area contributed by atoms with Gasteiger partial charge in [-0.1, -0.05) is 23.5 Å². The Hall–Kier alpha value is -2.28. The van der Waals surface area contributed by atoms with E-state index in [1.807, 2.05) is 24.3 Å². The fraction of sp³-hybridized carbons (Fsp3) is 0.167. The Labute approximate surface area is 112 Å². The highest BCUT2D eigenvalue weighted by molar-refractivity contribution is 7.15. The fourth-order valence-electron chi connectivity index (χ4n) is 1.83. The van der Waals surface area contributed by atoms with Gasteiger partial charge in [-0.2, -0.15) is 0 Å². The molecule has 3 rings (SSSR count). The summed E-state index contributed by atoms with van der Waals surface area (Å²) in [6.45, 7) is 0.404. The molecule has 7 heteroatoms. The molecule has 0 spiro atoms. The van der Waals surface area contributed by atoms with Crippen LogP contribution in [0.25, 0.3) is 11.0 Å². The zero-order chi connectivity index (χ0) is 13.2. The summed E-state index contributed by atoms with van der Waals surface area (Å²) in [6.07, 6.45) is 1.34. The topological polar surface area (TPSA) is 72.7 Å². The first-order valence-electron chi connectivity index (χ1n) is 5.72. The number of para-hydroxylation sites is 2. The van der Waals surface area contributed by atoms with Gasteiger partial charge >= 0.3 is 0 Å². The first-order chi connectivity index (χ1) is 9.28. The molecule has 0 fully saturated rings. The van der Waals surface area contributed by atoms with Crippen molar-refractivity contribution in [2.75, 3.05) is 12.4 Å². The van der Waals surface area contributed by atoms with Gasteiger partial charge in [-0.05, 0) is 12.1 Å². The summed E-state index contributed by atoms with van der Waals surface area (Å²) in [7, 11) is 1.79. The minimum absolute atomic E-state index is 0.139. The van der Waals surface area contributed by atoms with Crippen LogP contribution in [0.15, 0.2) is 35.3 Å². The van der Waals surface area contributed by atoms with Crippen LogP contribution in [0.4, 0.5) is 5.13 Å². The average molecular weight is 273 g/mol. The van der Waals surface area contributed by atoms with Crippen molar-refractivity contribution in [2.24, 2.45) is 0 Å². The number of fused-ring (bicyclic) bond motifs is 1. The van der Waals surface area contributed by atoms with Gasteiger partial charge in [0.25, 0.3) is 5.56 Å². The van der Waals surface area contributed by atoms with E-state index in [2.05, 4.69) is 20.5 Å². The quantitative estimate of drug-likeness (QED) is 0.779. The van der Waals surface area contributed by atoms with E-state index < -0.39 is 0 Å². The van der Waals surface area contributed by atoms with Crippen molar-refractivity contribution in [1.29, 1.82) is 0 Å². The molecular formula is C12H11N5OS. The molecule has 2 heterocycles. The number of nitrogens with one attached hydrogen (secondary N) is 1. The molecule has 0 saturated carbocycles. The lowest BCUT2D eigenvalue weighted by Gasteiger charge is -2.06. The van der Waals surface area contributed by atoms with E-state index in [1.54, 1.807) is 11.6 Å². The molecule has 0 aliphatic rings. The predicted octanol–water partition coefficient (Wildman–Crippen LogP) is 1.34. The maximum Gasteiger partial charge on any atom is 0.269 e. The maximum absolute atomic E-state index is 12.0. The van der Waals surface area contributed by atoms with Gasteiger partial charge in [0.05, 0.1) is 23.8 Å². The van der Waals surface area contributed by atoms with Gasteiger partial charge in [-0.3, -0.25) is 9.36 Å². The molecule has 3 aromatic rings. The molecule has 1 aromatic carbocycles. The normalized spacial score (nSPS) is 10.8. The molecule has 1 N–H and O–H groups in total. The molecule has 0 atom stereocenters. The monoisotopic (exact) mass is 273 g/mol. The Morgan fingerprint density at radius 1 is 1.32 bits per heavy atom. The Balaban J connectivity index is 2.09. The first kappa shape index (κ1) is 11.8. The lowest BCUT2D eigenvalue weighted by molar-refractivity contribution is 0.768. The predicted molar refractivity (Wildman–Crippen MR) is 74.6 cm³/mol. The van der Waals surface area contributed by atoms with E-state index in [0.717, 1.165) is 21.2 Å². The van der Waals surface area contributed by atoms with Crippen molar-refractivity contribution in [3.63, 3.8) is 0 Å². The van der Waals surface area contributed by atoms with Crippen molar-refractivity contribution in [3.8, 4) is 0 Å². The Bertz CT molecular complexity index is 779. The highest BCUT2D eigenvalue weighted by Crippen LogP contribution is 2.16. The van der Waals surface area contributed by atoms with Crippen LogP contribution >= 0.6 is 11.3 Å². The van der Waals surface area contributed by atoms with Gasteiger partial charge in [-0.25, -0.2) is 4.98 Å². The molecule has 0 amide bonds. The van der Waals surface area contributed by atoms with E-state index in [9.17, 15) is 4.79 Å². The van der Waals surface area contributed by atoms with Crippen LogP contribution in [0.1, 0.15) is 5.01 Å². The van der Waals surface area contributed by atoms with Crippen LogP contribution in [0, 0.1) is 0 Å². The SMILES string of the molecule is CNc1nnc(Cn2c(=O)cnc3ccccc32)s1. The molecule has 19 heavy (non-hydrogen) atoms. The number of benzene rings is 1. The van der Waals surface area contributed by atoms with Crippen LogP contribution in [0.2, 0.25) is 0 Å². The fourth-order valence-corrected chi connectivity index (χ4v) is 2.51. The van der Waals surface area contributed by atoms with E-state index in [1.165, 1.54) is 17.5 Å². The third kappa shape index (κ3) is 2.19. The second-order valence-electron chi connectivity index (χ2n) is 3.92. The van der Waals surface area contributed by atoms with Gasteiger partial charge in [-0.15, -0.1) is 10.2 Å². The summed E-state index contributed by atoms with van der Waals surface area (Å²) >= 11 is 1.43. The summed E-state index contributed by atoms with van der Waals surface area (Å²) in [5.41, 5.74) is 1.46. The highest BCUT2D eigenvalue weighted by atomic mass is 32.1. The van der Waals surface area contributed by atoms with E-state index in [-0.39, 0.29) is 5.56 Å². The standard InChI is InChI=1S/C12H11N5OS/c1-13-12-16-15-10(19-12)7-17-9-5-3-2-4-8(9)14-6-11(17)18/h2-6H,7H2,1H3,(H,13,16). The van der Waals surface area contributed by atoms with Crippen molar-refractivity contribution in [2.45, 2.75) is 6.54 Å². The Morgan fingerprint density at radius 2 is 2.16 bits per heavy atom. The van der Waals surface area contributed by atoms with Crippen molar-refractivity contribution < 1.29 is 0 Å². The van der Waals surface area contributed by atoms with Crippen molar-refractivity contribution in [3.05, 3.63) is 45.8 Å².